The average Bonchev–Trinajstić information content (AvgIpc) is 3.40. The fourth-order valence-corrected chi connectivity index (χ4v) is 5.41. The van der Waals surface area contributed by atoms with E-state index in [-0.39, 0.29) is 29.7 Å². The number of aryl methyl sites for hydroxylation is 1. The number of ether oxygens (including phenoxy) is 1. The van der Waals surface area contributed by atoms with E-state index in [2.05, 4.69) is 25.9 Å². The van der Waals surface area contributed by atoms with Crippen LogP contribution in [0, 0.1) is 5.92 Å². The first kappa shape index (κ1) is 38.0. The molecule has 1 amide bonds. The number of rotatable bonds is 10. The smallest absolute Gasteiger partial charge is 0.465 e. The summed E-state index contributed by atoms with van der Waals surface area (Å²) < 4.78 is 125. The summed E-state index contributed by atoms with van der Waals surface area (Å²) in [6.07, 6.45) is -11.2. The van der Waals surface area contributed by atoms with Crippen molar-refractivity contribution >= 4 is 17.7 Å². The molecule has 19 heteroatoms. The van der Waals surface area contributed by atoms with E-state index in [4.69, 9.17) is 9.90 Å². The Morgan fingerprint density at radius 3 is 2.00 bits per heavy atom. The number of nitrogens with two attached hydrogens (primary N) is 1. The van der Waals surface area contributed by atoms with Crippen molar-refractivity contribution in [2.24, 2.45) is 18.7 Å². The molecular formula is C29H34F9N7O3. The Bertz CT molecular complexity index is 1470. The zero-order valence-corrected chi connectivity index (χ0v) is 25.8. The van der Waals surface area contributed by atoms with Crippen LogP contribution in [0.25, 0.3) is 0 Å². The van der Waals surface area contributed by atoms with Gasteiger partial charge in [0, 0.05) is 31.9 Å². The number of tetrazole rings is 1. The number of primary amides is 1. The molecule has 1 aliphatic rings. The van der Waals surface area contributed by atoms with E-state index >= 15 is 0 Å². The minimum atomic E-state index is -5.07. The predicted molar refractivity (Wildman–Crippen MR) is 155 cm³/mol. The summed E-state index contributed by atoms with van der Waals surface area (Å²) in [6.45, 7) is 2.17. The Kier molecular flexibility index (Phi) is 12.4. The average molecular weight is 700 g/mol. The van der Waals surface area contributed by atoms with E-state index in [0.29, 0.717) is 36.8 Å². The van der Waals surface area contributed by atoms with Crippen LogP contribution < -0.4 is 20.3 Å². The third-order valence-corrected chi connectivity index (χ3v) is 7.37. The van der Waals surface area contributed by atoms with Crippen LogP contribution >= 0.6 is 0 Å². The third kappa shape index (κ3) is 11.7. The second kappa shape index (κ2) is 15.6. The van der Waals surface area contributed by atoms with Crippen molar-refractivity contribution < 1.29 is 54.2 Å². The highest BCUT2D eigenvalue weighted by Crippen LogP contribution is 2.38. The van der Waals surface area contributed by atoms with Crippen LogP contribution in [0.4, 0.5) is 55.9 Å². The first-order chi connectivity index (χ1) is 22.2. The number of nitrogens with zero attached hydrogens (tertiary/aromatic N) is 6. The maximum atomic E-state index is 13.6. The van der Waals surface area contributed by atoms with E-state index in [1.54, 1.807) is 0 Å². The monoisotopic (exact) mass is 699 g/mol. The van der Waals surface area contributed by atoms with Crippen LogP contribution in [0.2, 0.25) is 0 Å². The van der Waals surface area contributed by atoms with Gasteiger partial charge in [0.15, 0.2) is 0 Å². The van der Waals surface area contributed by atoms with Crippen LogP contribution in [0.1, 0.15) is 61.3 Å². The lowest BCUT2D eigenvalue weighted by molar-refractivity contribution is -0.274. The molecule has 0 atom stereocenters. The molecule has 2 aromatic carbocycles. The molecule has 0 bridgehead atoms. The van der Waals surface area contributed by atoms with Crippen molar-refractivity contribution in [3.8, 4) is 5.75 Å². The Morgan fingerprint density at radius 2 is 1.52 bits per heavy atom. The van der Waals surface area contributed by atoms with E-state index in [1.165, 1.54) is 24.1 Å². The third-order valence-electron chi connectivity index (χ3n) is 7.37. The van der Waals surface area contributed by atoms with Crippen molar-refractivity contribution in [3.05, 3.63) is 58.7 Å². The van der Waals surface area contributed by atoms with Gasteiger partial charge in [-0.05, 0) is 78.4 Å². The number of alkyl halides is 9. The largest absolute Gasteiger partial charge is 0.573 e. The molecule has 0 aliphatic heterocycles. The number of benzene rings is 2. The second-order valence-electron chi connectivity index (χ2n) is 11.1. The number of aromatic nitrogens is 4. The Labute approximate surface area is 269 Å². The highest BCUT2D eigenvalue weighted by molar-refractivity contribution is 5.61. The number of hydrogen-bond donors (Lipinski definition) is 2. The van der Waals surface area contributed by atoms with Crippen LogP contribution in [0.3, 0.4) is 0 Å². The molecule has 0 unspecified atom stereocenters. The molecule has 3 N–H and O–H groups in total. The lowest BCUT2D eigenvalue weighted by Gasteiger charge is -2.33. The highest BCUT2D eigenvalue weighted by atomic mass is 19.4. The van der Waals surface area contributed by atoms with Gasteiger partial charge in [0.1, 0.15) is 5.75 Å². The Hall–Kier alpha value is -4.45. The number of carboxylic acid groups (broad SMARTS) is 1. The van der Waals surface area contributed by atoms with E-state index in [0.717, 1.165) is 43.0 Å². The van der Waals surface area contributed by atoms with Crippen LogP contribution in [-0.2, 0) is 32.5 Å². The molecule has 1 fully saturated rings. The summed E-state index contributed by atoms with van der Waals surface area (Å²) in [4.78, 5) is 13.1. The summed E-state index contributed by atoms with van der Waals surface area (Å²) in [5.41, 5.74) is 1.49. The van der Waals surface area contributed by atoms with E-state index < -0.39 is 48.2 Å². The summed E-state index contributed by atoms with van der Waals surface area (Å²) in [6, 6.07) is 4.99. The van der Waals surface area contributed by atoms with E-state index in [1.807, 2.05) is 11.8 Å². The van der Waals surface area contributed by atoms with Crippen molar-refractivity contribution in [2.45, 2.75) is 70.8 Å². The Balaban J connectivity index is 0.00000148. The fraction of sp³-hybridized carbons (Fsp3) is 0.517. The van der Waals surface area contributed by atoms with Crippen molar-refractivity contribution in [1.29, 1.82) is 0 Å². The molecule has 1 aliphatic carbocycles. The first-order valence-corrected chi connectivity index (χ1v) is 14.6. The lowest BCUT2D eigenvalue weighted by atomic mass is 9.88. The Morgan fingerprint density at radius 1 is 0.938 bits per heavy atom. The molecule has 0 radical (unpaired) electrons. The number of anilines is 2. The summed E-state index contributed by atoms with van der Waals surface area (Å²) in [5.74, 6) is -0.330. The van der Waals surface area contributed by atoms with Crippen LogP contribution in [0.15, 0.2) is 36.4 Å². The topological polar surface area (TPSA) is 123 Å². The van der Waals surface area contributed by atoms with Crippen LogP contribution in [0.5, 0.6) is 5.75 Å². The summed E-state index contributed by atoms with van der Waals surface area (Å²) in [7, 11) is 1.41. The molecule has 0 spiro atoms. The van der Waals surface area contributed by atoms with E-state index in [9.17, 15) is 39.5 Å². The fourth-order valence-electron chi connectivity index (χ4n) is 5.41. The minimum absolute atomic E-state index is 0.0227. The van der Waals surface area contributed by atoms with Gasteiger partial charge in [-0.2, -0.15) is 31.1 Å². The molecular weight excluding hydrogens is 665 g/mol. The normalized spacial score (nSPS) is 14.2. The molecule has 4 rings (SSSR count). The van der Waals surface area contributed by atoms with Gasteiger partial charge in [-0.25, -0.2) is 4.79 Å². The second-order valence-corrected chi connectivity index (χ2v) is 11.1. The molecule has 1 saturated carbocycles. The maximum absolute atomic E-state index is 13.6. The maximum Gasteiger partial charge on any atom is 0.573 e. The molecule has 266 valence electrons. The zero-order chi connectivity index (χ0) is 35.9. The molecule has 10 nitrogen and oxygen atoms in total. The molecule has 0 saturated heterocycles. The number of amides is 1. The molecule has 1 heterocycles. The molecule has 1 aromatic heterocycles. The van der Waals surface area contributed by atoms with Gasteiger partial charge in [0.2, 0.25) is 0 Å². The van der Waals surface area contributed by atoms with Gasteiger partial charge in [0.25, 0.3) is 5.95 Å². The SMILES string of the molecule is CCN(CC1CCCCC1)c1ccc(OC(F)(F)F)cc1CN(Cc1cc(C(F)(F)F)cc(C(F)(F)F)c1)c1nnn(C)n1.NC(=O)O. The summed E-state index contributed by atoms with van der Waals surface area (Å²) in [5, 5.41) is 18.9. The quantitative estimate of drug-likeness (QED) is 0.210. The first-order valence-electron chi connectivity index (χ1n) is 14.6. The zero-order valence-electron chi connectivity index (χ0n) is 25.8. The van der Waals surface area contributed by atoms with Gasteiger partial charge in [-0.15, -0.1) is 18.3 Å². The molecule has 3 aromatic rings. The summed E-state index contributed by atoms with van der Waals surface area (Å²) >= 11 is 0. The van der Waals surface area contributed by atoms with Crippen molar-refractivity contribution in [3.63, 3.8) is 0 Å². The molecule has 48 heavy (non-hydrogen) atoms. The number of halogens is 9. The predicted octanol–water partition coefficient (Wildman–Crippen LogP) is 7.38. The van der Waals surface area contributed by atoms with Gasteiger partial charge in [-0.1, -0.05) is 24.4 Å². The number of hydrogen-bond acceptors (Lipinski definition) is 7. The van der Waals surface area contributed by atoms with Crippen LogP contribution in [-0.4, -0.2) is 50.9 Å². The minimum Gasteiger partial charge on any atom is -0.465 e. The number of carbonyl (C=O) groups is 1. The highest BCUT2D eigenvalue weighted by Gasteiger charge is 2.37. The van der Waals surface area contributed by atoms with Gasteiger partial charge in [-0.3, -0.25) is 0 Å². The standard InChI is InChI=1S/C28H31F9N6O.CH3NO2/c1-3-42(15-18-7-5-4-6-8-18)24-10-9-23(44-28(35,36)37)13-20(24)17-43(25-38-40-41(2)39-25)16-19-11-21(26(29,30)31)14-22(12-19)27(32,33)34;2-1(3)4/h9-14,18H,3-8,15-17H2,1-2H3;2H2,(H,3,4). The van der Waals surface area contributed by atoms with Gasteiger partial charge >= 0.3 is 24.8 Å². The van der Waals surface area contributed by atoms with Gasteiger partial charge < -0.3 is 25.4 Å². The van der Waals surface area contributed by atoms with Crippen molar-refractivity contribution in [2.75, 3.05) is 22.9 Å². The lowest BCUT2D eigenvalue weighted by Crippen LogP contribution is -2.32. The van der Waals surface area contributed by atoms with Crippen molar-refractivity contribution in [1.82, 2.24) is 20.2 Å². The van der Waals surface area contributed by atoms with Gasteiger partial charge in [0.05, 0.1) is 18.2 Å².